The fourth-order valence-corrected chi connectivity index (χ4v) is 3.07. The van der Waals surface area contributed by atoms with Crippen LogP contribution in [0.2, 0.25) is 0 Å². The van der Waals surface area contributed by atoms with Crippen LogP contribution in [0.1, 0.15) is 24.2 Å². The molecular formula is C20H15FN8. The van der Waals surface area contributed by atoms with Gasteiger partial charge in [0.2, 0.25) is 0 Å². The summed E-state index contributed by atoms with van der Waals surface area (Å²) < 4.78 is 14.0. The van der Waals surface area contributed by atoms with E-state index in [2.05, 4.69) is 30.5 Å². The van der Waals surface area contributed by atoms with Gasteiger partial charge < -0.3 is 11.1 Å². The first-order chi connectivity index (χ1) is 14.1. The summed E-state index contributed by atoms with van der Waals surface area (Å²) in [6, 6.07) is 11.3. The van der Waals surface area contributed by atoms with E-state index in [1.165, 1.54) is 18.5 Å². The first-order valence-corrected chi connectivity index (χ1v) is 8.73. The molecule has 0 aliphatic carbocycles. The van der Waals surface area contributed by atoms with E-state index in [1.54, 1.807) is 18.3 Å². The van der Waals surface area contributed by atoms with Gasteiger partial charge in [-0.1, -0.05) is 6.07 Å². The van der Waals surface area contributed by atoms with Crippen molar-refractivity contribution in [3.63, 3.8) is 0 Å². The predicted octanol–water partition coefficient (Wildman–Crippen LogP) is 3.25. The van der Waals surface area contributed by atoms with Gasteiger partial charge in [0, 0.05) is 17.1 Å². The van der Waals surface area contributed by atoms with Crippen LogP contribution in [0.3, 0.4) is 0 Å². The van der Waals surface area contributed by atoms with Crippen molar-refractivity contribution in [1.29, 1.82) is 5.26 Å². The second kappa shape index (κ2) is 7.44. The lowest BCUT2D eigenvalue weighted by molar-refractivity contribution is 0.629. The number of pyridine rings is 1. The molecule has 0 amide bonds. The summed E-state index contributed by atoms with van der Waals surface area (Å²) in [7, 11) is 0. The van der Waals surface area contributed by atoms with Crippen molar-refractivity contribution < 1.29 is 4.39 Å². The number of nitrogens with two attached hydrogens (primary N) is 1. The minimum absolute atomic E-state index is 0.0776. The largest absolute Gasteiger partial charge is 0.382 e. The molecule has 0 saturated heterocycles. The molecule has 142 valence electrons. The zero-order chi connectivity index (χ0) is 20.4. The zero-order valence-electron chi connectivity index (χ0n) is 15.3. The maximum atomic E-state index is 14.0. The monoisotopic (exact) mass is 386 g/mol. The van der Waals surface area contributed by atoms with Crippen molar-refractivity contribution in [3.8, 4) is 17.3 Å². The molecule has 0 radical (unpaired) electrons. The summed E-state index contributed by atoms with van der Waals surface area (Å²) in [6.07, 6.45) is 2.92. The highest BCUT2D eigenvalue weighted by Crippen LogP contribution is 2.33. The molecule has 0 spiro atoms. The number of hydrogen-bond donors (Lipinski definition) is 2. The Balaban J connectivity index is 1.88. The molecule has 9 heteroatoms. The van der Waals surface area contributed by atoms with Crippen LogP contribution >= 0.6 is 0 Å². The number of nitrogens with zero attached hydrogens (tertiary/aromatic N) is 6. The highest BCUT2D eigenvalue weighted by Gasteiger charge is 2.21. The van der Waals surface area contributed by atoms with Crippen LogP contribution in [0.4, 0.5) is 16.0 Å². The third-order valence-electron chi connectivity index (χ3n) is 4.42. The Hall–Kier alpha value is -4.19. The van der Waals surface area contributed by atoms with Crippen LogP contribution in [-0.4, -0.2) is 25.1 Å². The normalized spacial score (nSPS) is 11.8. The molecule has 0 aliphatic heterocycles. The Kier molecular flexibility index (Phi) is 4.66. The smallest absolute Gasteiger partial charge is 0.150 e. The Labute approximate surface area is 165 Å². The number of nitrogens with one attached hydrogen (secondary N) is 1. The number of nitriles is 1. The minimum atomic E-state index is -0.437. The summed E-state index contributed by atoms with van der Waals surface area (Å²) >= 11 is 0. The van der Waals surface area contributed by atoms with Gasteiger partial charge in [-0.25, -0.2) is 14.4 Å². The van der Waals surface area contributed by atoms with Crippen molar-refractivity contribution in [1.82, 2.24) is 25.1 Å². The first kappa shape index (κ1) is 18.2. The highest BCUT2D eigenvalue weighted by atomic mass is 19.1. The van der Waals surface area contributed by atoms with Gasteiger partial charge in [-0.3, -0.25) is 4.98 Å². The van der Waals surface area contributed by atoms with Gasteiger partial charge >= 0.3 is 0 Å². The average Bonchev–Trinajstić information content (AvgIpc) is 2.73. The fourth-order valence-electron chi connectivity index (χ4n) is 3.07. The molecule has 0 saturated carbocycles. The molecule has 29 heavy (non-hydrogen) atoms. The Morgan fingerprint density at radius 2 is 2.00 bits per heavy atom. The third kappa shape index (κ3) is 3.39. The van der Waals surface area contributed by atoms with Crippen molar-refractivity contribution >= 4 is 22.5 Å². The van der Waals surface area contributed by atoms with Gasteiger partial charge in [0.1, 0.15) is 35.4 Å². The van der Waals surface area contributed by atoms with Crippen molar-refractivity contribution in [2.24, 2.45) is 0 Å². The van der Waals surface area contributed by atoms with Crippen LogP contribution in [0.5, 0.6) is 0 Å². The maximum absolute atomic E-state index is 14.0. The number of halogens is 1. The van der Waals surface area contributed by atoms with E-state index < -0.39 is 6.04 Å². The molecule has 4 aromatic rings. The Morgan fingerprint density at radius 1 is 1.14 bits per heavy atom. The van der Waals surface area contributed by atoms with Crippen LogP contribution < -0.4 is 11.1 Å². The van der Waals surface area contributed by atoms with Gasteiger partial charge in [-0.05, 0) is 37.3 Å². The number of aromatic nitrogens is 5. The van der Waals surface area contributed by atoms with Crippen LogP contribution in [0.25, 0.3) is 22.2 Å². The highest BCUT2D eigenvalue weighted by molar-refractivity contribution is 5.94. The second-order valence-electron chi connectivity index (χ2n) is 6.30. The van der Waals surface area contributed by atoms with Crippen molar-refractivity contribution in [2.75, 3.05) is 11.1 Å². The van der Waals surface area contributed by atoms with Crippen molar-refractivity contribution in [2.45, 2.75) is 13.0 Å². The molecule has 3 heterocycles. The lowest BCUT2D eigenvalue weighted by Crippen LogP contribution is -2.14. The van der Waals surface area contributed by atoms with Crippen LogP contribution in [-0.2, 0) is 0 Å². The fraction of sp³-hybridized carbons (Fsp3) is 0.100. The van der Waals surface area contributed by atoms with E-state index in [4.69, 9.17) is 5.73 Å². The molecule has 0 fully saturated rings. The Morgan fingerprint density at radius 3 is 2.76 bits per heavy atom. The standard InChI is InChI=1S/C20H15FN8/c1-11(27-20-14(9-22)19(23)25-10-26-20)18-17(16-4-2-3-7-24-16)13-8-12(21)5-6-15(13)28-29-18/h2-8,10-11H,1H3,(H3,23,25,26,27)/t11-/m0/s1. The number of fused-ring (bicyclic) bond motifs is 1. The SMILES string of the molecule is C[C@H](Nc1ncnc(N)c1C#N)c1nnc2ccc(F)cc2c1-c1ccccn1. The van der Waals surface area contributed by atoms with Crippen LogP contribution in [0.15, 0.2) is 48.9 Å². The number of rotatable bonds is 4. The van der Waals surface area contributed by atoms with E-state index in [9.17, 15) is 9.65 Å². The summed E-state index contributed by atoms with van der Waals surface area (Å²) in [5.74, 6) is -0.0287. The summed E-state index contributed by atoms with van der Waals surface area (Å²) in [5, 5.41) is 21.7. The number of nitrogen functional groups attached to an aromatic ring is 1. The molecule has 8 nitrogen and oxygen atoms in total. The zero-order valence-corrected chi connectivity index (χ0v) is 15.3. The minimum Gasteiger partial charge on any atom is -0.382 e. The lowest BCUT2D eigenvalue weighted by Gasteiger charge is -2.19. The maximum Gasteiger partial charge on any atom is 0.150 e. The quantitative estimate of drug-likeness (QED) is 0.547. The average molecular weight is 386 g/mol. The van der Waals surface area contributed by atoms with Gasteiger partial charge in [-0.15, -0.1) is 0 Å². The first-order valence-electron chi connectivity index (χ1n) is 8.73. The molecule has 0 bridgehead atoms. The summed E-state index contributed by atoms with van der Waals surface area (Å²) in [4.78, 5) is 12.3. The second-order valence-corrected chi connectivity index (χ2v) is 6.30. The van der Waals surface area contributed by atoms with E-state index in [-0.39, 0.29) is 23.0 Å². The molecule has 0 unspecified atom stereocenters. The van der Waals surface area contributed by atoms with Gasteiger partial charge in [0.05, 0.1) is 22.9 Å². The molecule has 1 atom stereocenters. The molecular weight excluding hydrogens is 371 g/mol. The number of anilines is 2. The topological polar surface area (TPSA) is 126 Å². The predicted molar refractivity (Wildman–Crippen MR) is 106 cm³/mol. The lowest BCUT2D eigenvalue weighted by atomic mass is 9.99. The van der Waals surface area contributed by atoms with Gasteiger partial charge in [-0.2, -0.15) is 15.5 Å². The van der Waals surface area contributed by atoms with E-state index in [0.29, 0.717) is 27.9 Å². The molecule has 1 aromatic carbocycles. The van der Waals surface area contributed by atoms with Crippen molar-refractivity contribution in [3.05, 3.63) is 66.0 Å². The molecule has 3 aromatic heterocycles. The molecule has 0 aliphatic rings. The van der Waals surface area contributed by atoms with E-state index >= 15 is 0 Å². The molecule has 3 N–H and O–H groups in total. The van der Waals surface area contributed by atoms with Gasteiger partial charge in [0.25, 0.3) is 0 Å². The Bertz CT molecular complexity index is 1240. The third-order valence-corrected chi connectivity index (χ3v) is 4.42. The number of hydrogen-bond acceptors (Lipinski definition) is 8. The number of benzene rings is 1. The van der Waals surface area contributed by atoms with Crippen LogP contribution in [0, 0.1) is 17.1 Å². The van der Waals surface area contributed by atoms with E-state index in [1.807, 2.05) is 25.1 Å². The summed E-state index contributed by atoms with van der Waals surface area (Å²) in [6.45, 7) is 1.83. The summed E-state index contributed by atoms with van der Waals surface area (Å²) in [5.41, 5.74) is 8.26. The van der Waals surface area contributed by atoms with Gasteiger partial charge in [0.15, 0.2) is 0 Å². The molecule has 4 rings (SSSR count). The van der Waals surface area contributed by atoms with E-state index in [0.717, 1.165) is 0 Å².